The van der Waals surface area contributed by atoms with Crippen molar-refractivity contribution in [3.8, 4) is 0 Å². The summed E-state index contributed by atoms with van der Waals surface area (Å²) in [7, 11) is 1.72. The monoisotopic (exact) mass is 272 g/mol. The lowest BCUT2D eigenvalue weighted by molar-refractivity contribution is -0.138. The van der Waals surface area contributed by atoms with Gasteiger partial charge in [-0.3, -0.25) is 0 Å². The fourth-order valence-corrected chi connectivity index (χ4v) is 2.89. The van der Waals surface area contributed by atoms with Gasteiger partial charge in [-0.15, -0.1) is 0 Å². The van der Waals surface area contributed by atoms with E-state index in [1.54, 1.807) is 19.2 Å². The van der Waals surface area contributed by atoms with E-state index in [1.807, 2.05) is 0 Å². The Kier molecular flexibility index (Phi) is 4.19. The first-order valence-electron chi connectivity index (χ1n) is 6.62. The molecular formula is C15H19F3O. The number of rotatable bonds is 2. The second-order valence-corrected chi connectivity index (χ2v) is 5.28. The number of alkyl halides is 3. The van der Waals surface area contributed by atoms with Crippen LogP contribution in [0.2, 0.25) is 0 Å². The van der Waals surface area contributed by atoms with E-state index in [0.29, 0.717) is 17.6 Å². The Bertz CT molecular complexity index is 432. The van der Waals surface area contributed by atoms with E-state index in [9.17, 15) is 13.2 Å². The van der Waals surface area contributed by atoms with Crippen LogP contribution in [0.1, 0.15) is 48.3 Å². The standard InChI is InChI=1S/C15H19F3O/c1-10-9-12(5-8-14(10)15(16,17)18)11-3-6-13(19-2)7-4-11/h5,8-9,11,13H,3-4,6-7H2,1-2H3. The summed E-state index contributed by atoms with van der Waals surface area (Å²) in [6.45, 7) is 1.53. The second-order valence-electron chi connectivity index (χ2n) is 5.28. The van der Waals surface area contributed by atoms with Crippen LogP contribution in [0, 0.1) is 6.92 Å². The van der Waals surface area contributed by atoms with Crippen molar-refractivity contribution in [1.82, 2.24) is 0 Å². The van der Waals surface area contributed by atoms with Gasteiger partial charge >= 0.3 is 6.18 Å². The van der Waals surface area contributed by atoms with Gasteiger partial charge in [-0.25, -0.2) is 0 Å². The van der Waals surface area contributed by atoms with Crippen molar-refractivity contribution in [1.29, 1.82) is 0 Å². The van der Waals surface area contributed by atoms with Gasteiger partial charge in [0.15, 0.2) is 0 Å². The van der Waals surface area contributed by atoms with Gasteiger partial charge < -0.3 is 4.74 Å². The van der Waals surface area contributed by atoms with E-state index in [1.165, 1.54) is 13.0 Å². The Morgan fingerprint density at radius 3 is 2.21 bits per heavy atom. The highest BCUT2D eigenvalue weighted by Crippen LogP contribution is 2.37. The van der Waals surface area contributed by atoms with Crippen molar-refractivity contribution in [2.24, 2.45) is 0 Å². The van der Waals surface area contributed by atoms with E-state index in [2.05, 4.69) is 0 Å². The van der Waals surface area contributed by atoms with Crippen molar-refractivity contribution in [2.75, 3.05) is 7.11 Å². The molecular weight excluding hydrogens is 253 g/mol. The van der Waals surface area contributed by atoms with Crippen LogP contribution in [0.4, 0.5) is 13.2 Å². The lowest BCUT2D eigenvalue weighted by Crippen LogP contribution is -2.19. The van der Waals surface area contributed by atoms with E-state index < -0.39 is 11.7 Å². The summed E-state index contributed by atoms with van der Waals surface area (Å²) in [6, 6.07) is 4.54. The Morgan fingerprint density at radius 2 is 1.74 bits per heavy atom. The molecule has 0 aromatic heterocycles. The molecule has 0 radical (unpaired) electrons. The Morgan fingerprint density at radius 1 is 1.11 bits per heavy atom. The number of methoxy groups -OCH3 is 1. The first-order valence-corrected chi connectivity index (χ1v) is 6.62. The lowest BCUT2D eigenvalue weighted by Gasteiger charge is -2.28. The first kappa shape index (κ1) is 14.4. The van der Waals surface area contributed by atoms with Crippen LogP contribution in [0.15, 0.2) is 18.2 Å². The van der Waals surface area contributed by atoms with Crippen LogP contribution in [-0.2, 0) is 10.9 Å². The van der Waals surface area contributed by atoms with Crippen molar-refractivity contribution in [3.05, 3.63) is 34.9 Å². The van der Waals surface area contributed by atoms with Crippen LogP contribution in [0.25, 0.3) is 0 Å². The third kappa shape index (κ3) is 3.30. The SMILES string of the molecule is COC1CCC(c2ccc(C(F)(F)F)c(C)c2)CC1. The zero-order valence-corrected chi connectivity index (χ0v) is 11.3. The molecule has 0 atom stereocenters. The largest absolute Gasteiger partial charge is 0.416 e. The minimum Gasteiger partial charge on any atom is -0.381 e. The minimum atomic E-state index is -4.25. The van der Waals surface area contributed by atoms with Gasteiger partial charge in [0.2, 0.25) is 0 Å². The number of ether oxygens (including phenoxy) is 1. The van der Waals surface area contributed by atoms with Gasteiger partial charge in [-0.1, -0.05) is 12.1 Å². The molecule has 4 heteroatoms. The molecule has 106 valence electrons. The molecule has 1 aromatic carbocycles. The van der Waals surface area contributed by atoms with Crippen molar-refractivity contribution in [3.63, 3.8) is 0 Å². The number of benzene rings is 1. The molecule has 0 aliphatic heterocycles. The van der Waals surface area contributed by atoms with Crippen LogP contribution >= 0.6 is 0 Å². The van der Waals surface area contributed by atoms with Gasteiger partial charge in [0.05, 0.1) is 11.7 Å². The first-order chi connectivity index (χ1) is 8.91. The molecule has 1 aliphatic rings. The third-order valence-corrected chi connectivity index (χ3v) is 4.03. The maximum Gasteiger partial charge on any atom is 0.416 e. The highest BCUT2D eigenvalue weighted by Gasteiger charge is 2.32. The summed E-state index contributed by atoms with van der Waals surface area (Å²) < 4.78 is 43.4. The van der Waals surface area contributed by atoms with Crippen LogP contribution in [-0.4, -0.2) is 13.2 Å². The smallest absolute Gasteiger partial charge is 0.381 e. The summed E-state index contributed by atoms with van der Waals surface area (Å²) in [6.07, 6.45) is 0.0117. The molecule has 19 heavy (non-hydrogen) atoms. The number of hydrogen-bond donors (Lipinski definition) is 0. The van der Waals surface area contributed by atoms with Crippen LogP contribution in [0.3, 0.4) is 0 Å². The van der Waals surface area contributed by atoms with Gasteiger partial charge in [0, 0.05) is 7.11 Å². The molecule has 1 aromatic rings. The molecule has 2 rings (SSSR count). The lowest BCUT2D eigenvalue weighted by atomic mass is 9.82. The highest BCUT2D eigenvalue weighted by atomic mass is 19.4. The topological polar surface area (TPSA) is 9.23 Å². The summed E-state index contributed by atoms with van der Waals surface area (Å²) in [5.74, 6) is 0.368. The average Bonchev–Trinajstić information content (AvgIpc) is 2.37. The molecule has 0 heterocycles. The summed E-state index contributed by atoms with van der Waals surface area (Å²) in [5, 5.41) is 0. The fraction of sp³-hybridized carbons (Fsp3) is 0.600. The van der Waals surface area contributed by atoms with E-state index in [4.69, 9.17) is 4.74 Å². The fourth-order valence-electron chi connectivity index (χ4n) is 2.89. The number of halogens is 3. The molecule has 1 nitrogen and oxygen atoms in total. The summed E-state index contributed by atoms with van der Waals surface area (Å²) >= 11 is 0. The Hall–Kier alpha value is -1.03. The molecule has 0 saturated heterocycles. The van der Waals surface area contributed by atoms with Crippen molar-refractivity contribution >= 4 is 0 Å². The second kappa shape index (κ2) is 5.53. The highest BCUT2D eigenvalue weighted by molar-refractivity contribution is 5.34. The summed E-state index contributed by atoms with van der Waals surface area (Å²) in [5.41, 5.74) is 0.820. The molecule has 1 saturated carbocycles. The van der Waals surface area contributed by atoms with E-state index >= 15 is 0 Å². The molecule has 0 spiro atoms. The van der Waals surface area contributed by atoms with Crippen LogP contribution in [0.5, 0.6) is 0 Å². The zero-order chi connectivity index (χ0) is 14.0. The number of hydrogen-bond acceptors (Lipinski definition) is 1. The maximum atomic E-state index is 12.7. The Balaban J connectivity index is 2.13. The third-order valence-electron chi connectivity index (χ3n) is 4.03. The maximum absolute atomic E-state index is 12.7. The van der Waals surface area contributed by atoms with Gasteiger partial charge in [-0.05, 0) is 55.7 Å². The van der Waals surface area contributed by atoms with Crippen molar-refractivity contribution < 1.29 is 17.9 Å². The zero-order valence-electron chi connectivity index (χ0n) is 11.3. The van der Waals surface area contributed by atoms with Gasteiger partial charge in [0.25, 0.3) is 0 Å². The summed E-state index contributed by atoms with van der Waals surface area (Å²) in [4.78, 5) is 0. The van der Waals surface area contributed by atoms with Crippen LogP contribution < -0.4 is 0 Å². The molecule has 1 fully saturated rings. The molecule has 0 N–H and O–H groups in total. The molecule has 0 unspecified atom stereocenters. The minimum absolute atomic E-state index is 0.312. The van der Waals surface area contributed by atoms with Crippen molar-refractivity contribution in [2.45, 2.75) is 50.8 Å². The molecule has 0 bridgehead atoms. The predicted octanol–water partition coefficient (Wildman–Crippen LogP) is 4.69. The molecule has 1 aliphatic carbocycles. The number of aryl methyl sites for hydroxylation is 1. The van der Waals surface area contributed by atoms with Gasteiger partial charge in [-0.2, -0.15) is 13.2 Å². The van der Waals surface area contributed by atoms with E-state index in [-0.39, 0.29) is 0 Å². The normalized spacial score (nSPS) is 24.5. The predicted molar refractivity (Wildman–Crippen MR) is 68.2 cm³/mol. The molecule has 0 amide bonds. The average molecular weight is 272 g/mol. The Labute approximate surface area is 111 Å². The van der Waals surface area contributed by atoms with Gasteiger partial charge in [0.1, 0.15) is 0 Å². The quantitative estimate of drug-likeness (QED) is 0.759. The van der Waals surface area contributed by atoms with E-state index in [0.717, 1.165) is 31.2 Å².